The summed E-state index contributed by atoms with van der Waals surface area (Å²) in [6.07, 6.45) is 0. The molecule has 10 nitrogen and oxygen atoms in total. The van der Waals surface area contributed by atoms with Crippen molar-refractivity contribution in [2.45, 2.75) is 0 Å². The zero-order valence-electron chi connectivity index (χ0n) is 27.9. The number of hydrogen-bond acceptors (Lipinski definition) is 8. The molecule has 0 saturated heterocycles. The predicted octanol–water partition coefficient (Wildman–Crippen LogP) is 8.56. The number of anilines is 2. The van der Waals surface area contributed by atoms with Crippen molar-refractivity contribution in [2.75, 3.05) is 24.0 Å². The van der Waals surface area contributed by atoms with Crippen LogP contribution in [-0.4, -0.2) is 37.8 Å². The molecule has 0 fully saturated rings. The van der Waals surface area contributed by atoms with Crippen LogP contribution < -0.4 is 28.7 Å². The molecule has 0 unspecified atom stereocenters. The van der Waals surface area contributed by atoms with Crippen LogP contribution in [0.3, 0.4) is 0 Å². The monoisotopic (exact) mass is 688 g/mol. The molecule has 0 spiro atoms. The van der Waals surface area contributed by atoms with Gasteiger partial charge in [-0.3, -0.25) is 19.2 Å². The predicted molar refractivity (Wildman–Crippen MR) is 193 cm³/mol. The minimum absolute atomic E-state index is 0.271. The van der Waals surface area contributed by atoms with Gasteiger partial charge in [0.1, 0.15) is 34.5 Å². The second-order valence-corrected chi connectivity index (χ2v) is 12.0. The first-order valence-corrected chi connectivity index (χ1v) is 16.2. The Hall–Kier alpha value is -7.20. The zero-order chi connectivity index (χ0) is 35.9. The van der Waals surface area contributed by atoms with Gasteiger partial charge < -0.3 is 18.9 Å². The highest BCUT2D eigenvalue weighted by atomic mass is 16.5. The zero-order valence-corrected chi connectivity index (χ0v) is 27.9. The fourth-order valence-corrected chi connectivity index (χ4v) is 6.20. The Balaban J connectivity index is 0.921. The second kappa shape index (κ2) is 12.9. The summed E-state index contributed by atoms with van der Waals surface area (Å²) in [4.78, 5) is 54.8. The van der Waals surface area contributed by atoms with Crippen molar-refractivity contribution in [2.24, 2.45) is 0 Å². The van der Waals surface area contributed by atoms with Gasteiger partial charge in [0, 0.05) is 0 Å². The van der Waals surface area contributed by atoms with Gasteiger partial charge >= 0.3 is 0 Å². The highest BCUT2D eigenvalue weighted by Gasteiger charge is 2.38. The Kier molecular flexibility index (Phi) is 7.96. The molecule has 52 heavy (non-hydrogen) atoms. The van der Waals surface area contributed by atoms with Gasteiger partial charge in [0.25, 0.3) is 23.6 Å². The van der Waals surface area contributed by atoms with Crippen LogP contribution in [0.25, 0.3) is 11.1 Å². The van der Waals surface area contributed by atoms with Crippen molar-refractivity contribution in [1.29, 1.82) is 0 Å². The topological polar surface area (TPSA) is 112 Å². The van der Waals surface area contributed by atoms with Gasteiger partial charge in [0.15, 0.2) is 0 Å². The van der Waals surface area contributed by atoms with Crippen molar-refractivity contribution >= 4 is 35.0 Å². The Morgan fingerprint density at radius 2 is 0.654 bits per heavy atom. The maximum absolute atomic E-state index is 13.2. The van der Waals surface area contributed by atoms with Crippen LogP contribution in [0, 0.1) is 0 Å². The molecule has 6 aromatic rings. The van der Waals surface area contributed by atoms with Crippen LogP contribution >= 0.6 is 0 Å². The number of hydrogen-bond donors (Lipinski definition) is 0. The minimum atomic E-state index is -0.422. The first-order chi connectivity index (χ1) is 25.3. The van der Waals surface area contributed by atoms with E-state index in [1.54, 1.807) is 99.1 Å². The normalized spacial score (nSPS) is 13.3. The van der Waals surface area contributed by atoms with E-state index in [2.05, 4.69) is 0 Å². The molecule has 0 radical (unpaired) electrons. The van der Waals surface area contributed by atoms with Crippen LogP contribution in [0.1, 0.15) is 41.4 Å². The number of methoxy groups -OCH3 is 2. The molecule has 254 valence electrons. The summed E-state index contributed by atoms with van der Waals surface area (Å²) in [5, 5.41) is 0. The fraction of sp³-hybridized carbons (Fsp3) is 0.0476. The number of fused-ring (bicyclic) bond motifs is 2. The molecule has 0 aliphatic carbocycles. The Bertz CT molecular complexity index is 2220. The summed E-state index contributed by atoms with van der Waals surface area (Å²) in [6, 6.07) is 38.1. The molecule has 2 aliphatic heterocycles. The molecule has 0 bridgehead atoms. The quantitative estimate of drug-likeness (QED) is 0.139. The van der Waals surface area contributed by atoms with Crippen molar-refractivity contribution in [3.05, 3.63) is 156 Å². The van der Waals surface area contributed by atoms with E-state index in [-0.39, 0.29) is 11.1 Å². The summed E-state index contributed by atoms with van der Waals surface area (Å²) in [6.45, 7) is 0. The third-order valence-electron chi connectivity index (χ3n) is 8.89. The molecule has 0 aromatic heterocycles. The Morgan fingerprint density at radius 1 is 0.346 bits per heavy atom. The molecule has 6 aromatic carbocycles. The maximum Gasteiger partial charge on any atom is 0.266 e. The first-order valence-electron chi connectivity index (χ1n) is 16.2. The van der Waals surface area contributed by atoms with Crippen LogP contribution in [-0.2, 0) is 0 Å². The third-order valence-corrected chi connectivity index (χ3v) is 8.89. The lowest BCUT2D eigenvalue weighted by molar-refractivity contribution is 0.0910. The fourth-order valence-electron chi connectivity index (χ4n) is 6.20. The molecule has 0 N–H and O–H groups in total. The molecule has 4 amide bonds. The van der Waals surface area contributed by atoms with Gasteiger partial charge in [0.05, 0.1) is 47.8 Å². The third kappa shape index (κ3) is 5.67. The van der Waals surface area contributed by atoms with Crippen molar-refractivity contribution < 1.29 is 38.1 Å². The van der Waals surface area contributed by atoms with E-state index < -0.39 is 23.6 Å². The summed E-state index contributed by atoms with van der Waals surface area (Å²) in [5.41, 5.74) is 3.95. The van der Waals surface area contributed by atoms with Gasteiger partial charge in [-0.2, -0.15) is 0 Å². The molecular weight excluding hydrogens is 660 g/mol. The number of imide groups is 2. The Morgan fingerprint density at radius 3 is 1.00 bits per heavy atom. The average Bonchev–Trinajstić information content (AvgIpc) is 3.58. The van der Waals surface area contributed by atoms with E-state index in [1.807, 2.05) is 48.5 Å². The SMILES string of the molecule is COc1ccc(N2C(=O)c3ccc(Oc4ccc(-c5ccc(Oc6ccc7c(c6)C(=O)N(c6ccc(OC)cc6)C7=O)cc5)cc4)cc3C2=O)cc1. The van der Waals surface area contributed by atoms with Crippen LogP contribution in [0.4, 0.5) is 11.4 Å². The first kappa shape index (κ1) is 32.0. The van der Waals surface area contributed by atoms with E-state index in [9.17, 15) is 19.2 Å². The van der Waals surface area contributed by atoms with Crippen LogP contribution in [0.15, 0.2) is 133 Å². The summed E-state index contributed by atoms with van der Waals surface area (Å²) >= 11 is 0. The molecule has 0 atom stereocenters. The van der Waals surface area contributed by atoms with Crippen LogP contribution in [0.5, 0.6) is 34.5 Å². The lowest BCUT2D eigenvalue weighted by atomic mass is 10.1. The lowest BCUT2D eigenvalue weighted by Crippen LogP contribution is -2.29. The number of amides is 4. The molecule has 10 heteroatoms. The summed E-state index contributed by atoms with van der Waals surface area (Å²) < 4.78 is 22.5. The van der Waals surface area contributed by atoms with Crippen molar-refractivity contribution in [3.63, 3.8) is 0 Å². The highest BCUT2D eigenvalue weighted by Crippen LogP contribution is 2.36. The van der Waals surface area contributed by atoms with E-state index in [1.165, 1.54) is 0 Å². The van der Waals surface area contributed by atoms with Crippen molar-refractivity contribution in [3.8, 4) is 45.6 Å². The van der Waals surface area contributed by atoms with E-state index >= 15 is 0 Å². The second-order valence-electron chi connectivity index (χ2n) is 12.0. The number of benzene rings is 6. The van der Waals surface area contributed by atoms with Gasteiger partial charge in [-0.15, -0.1) is 0 Å². The molecular formula is C42H28N2O8. The lowest BCUT2D eigenvalue weighted by Gasteiger charge is -2.14. The number of carbonyl (C=O) groups is 4. The minimum Gasteiger partial charge on any atom is -0.497 e. The number of rotatable bonds is 9. The number of carbonyl (C=O) groups excluding carboxylic acids is 4. The molecule has 0 saturated carbocycles. The Labute approximate surface area is 298 Å². The largest absolute Gasteiger partial charge is 0.497 e. The summed E-state index contributed by atoms with van der Waals surface area (Å²) in [5.74, 6) is 1.58. The van der Waals surface area contributed by atoms with Gasteiger partial charge in [-0.1, -0.05) is 24.3 Å². The standard InChI is InChI=1S/C42H28N2O8/c1-49-29-15-7-27(8-16-29)43-39(45)35-21-19-33(23-37(35)41(43)47)51-31-11-3-25(4-12-31)26-5-13-32(14-6-26)52-34-20-22-36-38(24-34)42(48)44(40(36)46)28-9-17-30(50-2)18-10-28/h3-24H,1-2H3. The van der Waals surface area contributed by atoms with Gasteiger partial charge in [-0.05, 0) is 120 Å². The van der Waals surface area contributed by atoms with E-state index in [0.717, 1.165) is 20.9 Å². The van der Waals surface area contributed by atoms with E-state index in [4.69, 9.17) is 18.9 Å². The smallest absolute Gasteiger partial charge is 0.266 e. The van der Waals surface area contributed by atoms with Crippen LogP contribution in [0.2, 0.25) is 0 Å². The van der Waals surface area contributed by atoms with E-state index in [0.29, 0.717) is 57.0 Å². The molecule has 2 aliphatic rings. The summed E-state index contributed by atoms with van der Waals surface area (Å²) in [7, 11) is 3.10. The van der Waals surface area contributed by atoms with Crippen molar-refractivity contribution in [1.82, 2.24) is 0 Å². The number of ether oxygens (including phenoxy) is 4. The molecule has 8 rings (SSSR count). The maximum atomic E-state index is 13.2. The van der Waals surface area contributed by atoms with Gasteiger partial charge in [-0.25, -0.2) is 9.80 Å². The average molecular weight is 689 g/mol. The van der Waals surface area contributed by atoms with Gasteiger partial charge in [0.2, 0.25) is 0 Å². The number of nitrogens with zero attached hydrogens (tertiary/aromatic N) is 2. The molecule has 2 heterocycles. The highest BCUT2D eigenvalue weighted by molar-refractivity contribution is 6.35.